The van der Waals surface area contributed by atoms with E-state index in [1.165, 1.54) is 0 Å². The van der Waals surface area contributed by atoms with E-state index in [4.69, 9.17) is 9.98 Å². The molecule has 0 amide bonds. The van der Waals surface area contributed by atoms with Gasteiger partial charge in [0.2, 0.25) is 0 Å². The lowest BCUT2D eigenvalue weighted by atomic mass is 10.0. The van der Waals surface area contributed by atoms with Crippen LogP contribution in [0.4, 0.5) is 8.78 Å². The van der Waals surface area contributed by atoms with Gasteiger partial charge in [0.05, 0.1) is 21.1 Å². The Morgan fingerprint density at radius 1 is 0.519 bits per heavy atom. The molecule has 0 radical (unpaired) electrons. The Hall–Kier alpha value is -2.78. The molecule has 52 heavy (non-hydrogen) atoms. The number of aryl methyl sites for hydroxylation is 2. The van der Waals surface area contributed by atoms with Crippen molar-refractivity contribution in [3.8, 4) is 20.9 Å². The van der Waals surface area contributed by atoms with Crippen molar-refractivity contribution in [1.29, 1.82) is 0 Å². The van der Waals surface area contributed by atoms with E-state index in [1.54, 1.807) is 58.3 Å². The number of hydrogen-bond donors (Lipinski definition) is 0. The van der Waals surface area contributed by atoms with Crippen LogP contribution in [0.1, 0.15) is 89.1 Å². The van der Waals surface area contributed by atoms with Crippen LogP contribution in [0, 0.1) is 35.3 Å². The number of fused-ring (bicyclic) bond motifs is 1. The topological polar surface area (TPSA) is 24.7 Å². The van der Waals surface area contributed by atoms with Crippen LogP contribution in [-0.2, 0) is 12.8 Å². The number of halogens is 2. The van der Waals surface area contributed by atoms with E-state index in [9.17, 15) is 0 Å². The standard InChI is InChI=1S/C44H50F2N2S4/c1-25(2)9-11-29-13-15-31(33(45)21-29)35-17-19-37(51-35)41-39-40(44(47-41)50-24-28(7)8)42(48-43(39)49-23-27(5)6)38-20-18-36(52-38)32-16-14-30(22-34(32)46)12-10-26(3)4/h13-22,25-28H,9-12,23-24H2,1-8H3. The Labute approximate surface area is 326 Å². The number of nitrogens with zero attached hydrogens (tertiary/aromatic N) is 2. The Bertz CT molecular complexity index is 1890. The Morgan fingerprint density at radius 2 is 0.904 bits per heavy atom. The molecule has 0 aliphatic carbocycles. The summed E-state index contributed by atoms with van der Waals surface area (Å²) in [5, 5.41) is 1.95. The Balaban J connectivity index is 1.39. The van der Waals surface area contributed by atoms with Crippen molar-refractivity contribution in [2.45, 2.75) is 81.1 Å². The van der Waals surface area contributed by atoms with Gasteiger partial charge < -0.3 is 0 Å². The fraction of sp³-hybridized carbons (Fsp3) is 0.409. The average Bonchev–Trinajstić information content (AvgIpc) is 3.89. The van der Waals surface area contributed by atoms with Crippen molar-refractivity contribution in [3.05, 3.63) is 104 Å². The maximum Gasteiger partial charge on any atom is 0.132 e. The van der Waals surface area contributed by atoms with Gasteiger partial charge in [0.15, 0.2) is 0 Å². The molecule has 0 saturated heterocycles. The van der Waals surface area contributed by atoms with Gasteiger partial charge in [-0.05, 0) is 96.9 Å². The summed E-state index contributed by atoms with van der Waals surface area (Å²) in [6.07, 6.45) is 3.84. The lowest BCUT2D eigenvalue weighted by Gasteiger charge is -2.09. The van der Waals surface area contributed by atoms with E-state index in [0.29, 0.717) is 34.8 Å². The molecule has 2 aromatic heterocycles. The first-order valence-corrected chi connectivity index (χ1v) is 22.2. The fourth-order valence-electron chi connectivity index (χ4n) is 6.10. The smallest absolute Gasteiger partial charge is 0.132 e. The van der Waals surface area contributed by atoms with Gasteiger partial charge in [-0.3, -0.25) is 0 Å². The molecule has 8 heteroatoms. The molecule has 0 fully saturated rings. The van der Waals surface area contributed by atoms with Crippen LogP contribution in [0.2, 0.25) is 0 Å². The number of thiophene rings is 2. The second kappa shape index (κ2) is 17.1. The van der Waals surface area contributed by atoms with Crippen LogP contribution < -0.4 is 0 Å². The SMILES string of the molecule is CC(C)CCc1ccc(-c2ccc(C3=C4C(SCC(C)C)=NC(c5ccc(-c6ccc(CCC(C)C)cc6F)s5)=C4C(SCC(C)C)=N3)s2)c(F)c1. The van der Waals surface area contributed by atoms with Crippen LogP contribution in [0.25, 0.3) is 32.3 Å². The van der Waals surface area contributed by atoms with Crippen molar-refractivity contribution in [2.75, 3.05) is 11.5 Å². The van der Waals surface area contributed by atoms with Crippen molar-refractivity contribution in [3.63, 3.8) is 0 Å². The molecule has 6 rings (SSSR count). The molecular weight excluding hydrogens is 723 g/mol. The first kappa shape index (κ1) is 38.9. The maximum absolute atomic E-state index is 15.5. The average molecular weight is 773 g/mol. The molecule has 0 unspecified atom stereocenters. The molecule has 4 aromatic rings. The molecule has 2 aliphatic rings. The minimum atomic E-state index is -0.177. The summed E-state index contributed by atoms with van der Waals surface area (Å²) >= 11 is 6.73. The number of hydrogen-bond acceptors (Lipinski definition) is 6. The van der Waals surface area contributed by atoms with Crippen molar-refractivity contribution >= 4 is 67.7 Å². The molecule has 2 aliphatic heterocycles. The zero-order valence-electron chi connectivity index (χ0n) is 31.6. The summed E-state index contributed by atoms with van der Waals surface area (Å²) in [6, 6.07) is 19.6. The van der Waals surface area contributed by atoms with Crippen molar-refractivity contribution in [2.24, 2.45) is 33.7 Å². The third-order valence-corrected chi connectivity index (χ3v) is 14.0. The maximum atomic E-state index is 15.5. The first-order valence-electron chi connectivity index (χ1n) is 18.6. The van der Waals surface area contributed by atoms with E-state index >= 15 is 8.78 Å². The highest BCUT2D eigenvalue weighted by Crippen LogP contribution is 2.50. The van der Waals surface area contributed by atoms with Crippen molar-refractivity contribution in [1.82, 2.24) is 0 Å². The number of benzene rings is 2. The van der Waals surface area contributed by atoms with Crippen LogP contribution in [-0.4, -0.2) is 21.6 Å². The molecule has 0 saturated carbocycles. The largest absolute Gasteiger partial charge is 0.239 e. The van der Waals surface area contributed by atoms with E-state index in [1.807, 2.05) is 24.3 Å². The Kier molecular flexibility index (Phi) is 12.8. The summed E-state index contributed by atoms with van der Waals surface area (Å²) in [5.41, 5.74) is 7.30. The molecule has 0 spiro atoms. The van der Waals surface area contributed by atoms with Gasteiger partial charge in [-0.1, -0.05) is 79.7 Å². The monoisotopic (exact) mass is 772 g/mol. The number of thioether (sulfide) groups is 2. The predicted molar refractivity (Wildman–Crippen MR) is 229 cm³/mol. The normalized spacial score (nSPS) is 14.6. The zero-order valence-corrected chi connectivity index (χ0v) is 34.9. The second-order valence-electron chi connectivity index (χ2n) is 15.5. The minimum absolute atomic E-state index is 0.177. The third kappa shape index (κ3) is 9.11. The minimum Gasteiger partial charge on any atom is -0.239 e. The molecule has 2 aromatic carbocycles. The van der Waals surface area contributed by atoms with Gasteiger partial charge in [0.25, 0.3) is 0 Å². The van der Waals surface area contributed by atoms with Gasteiger partial charge in [0, 0.05) is 43.5 Å². The highest BCUT2D eigenvalue weighted by molar-refractivity contribution is 8.15. The summed E-state index contributed by atoms with van der Waals surface area (Å²) in [5.74, 6) is 3.64. The van der Waals surface area contributed by atoms with Gasteiger partial charge in [-0.2, -0.15) is 0 Å². The van der Waals surface area contributed by atoms with E-state index in [2.05, 4.69) is 79.7 Å². The van der Waals surface area contributed by atoms with Crippen molar-refractivity contribution < 1.29 is 8.78 Å². The molecule has 4 heterocycles. The summed E-state index contributed by atoms with van der Waals surface area (Å²) in [6.45, 7) is 17.7. The fourth-order valence-corrected chi connectivity index (χ4v) is 10.1. The Morgan fingerprint density at radius 3 is 1.25 bits per heavy atom. The van der Waals surface area contributed by atoms with Gasteiger partial charge in [0.1, 0.15) is 21.7 Å². The van der Waals surface area contributed by atoms with Crippen LogP contribution in [0.15, 0.2) is 81.8 Å². The quantitative estimate of drug-likeness (QED) is 0.127. The van der Waals surface area contributed by atoms with E-state index in [-0.39, 0.29) is 11.6 Å². The summed E-state index contributed by atoms with van der Waals surface area (Å²) in [4.78, 5) is 14.5. The first-order chi connectivity index (χ1) is 24.9. The number of aliphatic imine (C=N–C) groups is 2. The van der Waals surface area contributed by atoms with E-state index < -0.39 is 0 Å². The molecule has 274 valence electrons. The lowest BCUT2D eigenvalue weighted by molar-refractivity contribution is 0.582. The number of rotatable bonds is 14. The molecule has 0 bridgehead atoms. The summed E-state index contributed by atoms with van der Waals surface area (Å²) < 4.78 is 31.0. The second-order valence-corrected chi connectivity index (χ2v) is 19.7. The molecular formula is C44H50F2N2S4. The highest BCUT2D eigenvalue weighted by Gasteiger charge is 2.37. The highest BCUT2D eigenvalue weighted by atomic mass is 32.2. The third-order valence-electron chi connectivity index (χ3n) is 8.98. The summed E-state index contributed by atoms with van der Waals surface area (Å²) in [7, 11) is 0. The zero-order chi connectivity index (χ0) is 37.1. The molecule has 0 atom stereocenters. The van der Waals surface area contributed by atoms with Gasteiger partial charge in [-0.15, -0.1) is 46.2 Å². The molecule has 2 nitrogen and oxygen atoms in total. The van der Waals surface area contributed by atoms with Gasteiger partial charge >= 0.3 is 0 Å². The van der Waals surface area contributed by atoms with Gasteiger partial charge in [-0.25, -0.2) is 18.8 Å². The lowest BCUT2D eigenvalue weighted by Crippen LogP contribution is -2.04. The van der Waals surface area contributed by atoms with E-state index in [0.717, 1.165) is 100 Å². The predicted octanol–water partition coefficient (Wildman–Crippen LogP) is 14.3. The van der Waals surface area contributed by atoms with Crippen LogP contribution in [0.3, 0.4) is 0 Å². The van der Waals surface area contributed by atoms with Crippen LogP contribution in [0.5, 0.6) is 0 Å². The van der Waals surface area contributed by atoms with Crippen LogP contribution >= 0.6 is 46.2 Å². The molecule has 0 N–H and O–H groups in total.